The molecule has 0 bridgehead atoms. The number of nitrogens with one attached hydrogen (secondary N) is 2. The molecule has 0 heterocycles. The molecule has 23 heavy (non-hydrogen) atoms. The Kier molecular flexibility index (Phi) is 5.64. The summed E-state index contributed by atoms with van der Waals surface area (Å²) in [7, 11) is 0. The summed E-state index contributed by atoms with van der Waals surface area (Å²) < 4.78 is 0. The molecule has 0 unspecified atom stereocenters. The van der Waals surface area contributed by atoms with Crippen molar-refractivity contribution in [2.75, 3.05) is 10.6 Å². The summed E-state index contributed by atoms with van der Waals surface area (Å²) in [5.74, 6) is -0.543. The fraction of sp³-hybridized carbons (Fsp3) is 0.176. The van der Waals surface area contributed by atoms with Crippen molar-refractivity contribution in [2.24, 2.45) is 5.92 Å². The quantitative estimate of drug-likeness (QED) is 0.828. The van der Waals surface area contributed by atoms with Gasteiger partial charge < -0.3 is 10.6 Å². The number of carbonyl (C=O) groups is 2. The summed E-state index contributed by atoms with van der Waals surface area (Å²) >= 11 is 11.8. The molecule has 0 aromatic heterocycles. The molecule has 0 saturated carbocycles. The Balaban J connectivity index is 2.13. The summed E-state index contributed by atoms with van der Waals surface area (Å²) in [6.07, 6.45) is 0. The normalized spacial score (nSPS) is 10.5. The number of halogens is 2. The van der Waals surface area contributed by atoms with Gasteiger partial charge in [0.15, 0.2) is 0 Å². The third-order valence-electron chi connectivity index (χ3n) is 3.04. The molecule has 2 amide bonds. The third kappa shape index (κ3) is 4.98. The number of anilines is 2. The molecule has 0 fully saturated rings. The minimum atomic E-state index is -0.332. The SMILES string of the molecule is CC(C)C(=O)Nc1cccc(NC(=O)c2cc(Cl)cc(Cl)c2)c1. The van der Waals surface area contributed by atoms with Gasteiger partial charge in [-0.05, 0) is 36.4 Å². The van der Waals surface area contributed by atoms with Gasteiger partial charge in [-0.15, -0.1) is 0 Å². The van der Waals surface area contributed by atoms with Gasteiger partial charge in [0, 0.05) is 32.9 Å². The van der Waals surface area contributed by atoms with Crippen molar-refractivity contribution in [1.82, 2.24) is 0 Å². The summed E-state index contributed by atoms with van der Waals surface area (Å²) in [6.45, 7) is 3.62. The van der Waals surface area contributed by atoms with Gasteiger partial charge in [-0.2, -0.15) is 0 Å². The zero-order chi connectivity index (χ0) is 17.0. The third-order valence-corrected chi connectivity index (χ3v) is 3.47. The van der Waals surface area contributed by atoms with Gasteiger partial charge in [-0.3, -0.25) is 9.59 Å². The van der Waals surface area contributed by atoms with E-state index in [9.17, 15) is 9.59 Å². The second-order valence-corrected chi connectivity index (χ2v) is 6.21. The van der Waals surface area contributed by atoms with Gasteiger partial charge >= 0.3 is 0 Å². The van der Waals surface area contributed by atoms with Crippen LogP contribution in [0.15, 0.2) is 42.5 Å². The van der Waals surface area contributed by atoms with Crippen molar-refractivity contribution in [3.05, 3.63) is 58.1 Å². The van der Waals surface area contributed by atoms with Crippen molar-refractivity contribution in [2.45, 2.75) is 13.8 Å². The first-order valence-electron chi connectivity index (χ1n) is 7.03. The Morgan fingerprint density at radius 2 is 1.48 bits per heavy atom. The zero-order valence-electron chi connectivity index (χ0n) is 12.7. The topological polar surface area (TPSA) is 58.2 Å². The molecule has 0 aliphatic carbocycles. The molecular weight excluding hydrogens is 335 g/mol. The van der Waals surface area contributed by atoms with Gasteiger partial charge in [0.05, 0.1) is 0 Å². The Hall–Kier alpha value is -2.04. The van der Waals surface area contributed by atoms with Crippen molar-refractivity contribution in [1.29, 1.82) is 0 Å². The summed E-state index contributed by atoms with van der Waals surface area (Å²) in [6, 6.07) is 11.5. The smallest absolute Gasteiger partial charge is 0.255 e. The van der Waals surface area contributed by atoms with Gasteiger partial charge in [0.1, 0.15) is 0 Å². The largest absolute Gasteiger partial charge is 0.326 e. The standard InChI is InChI=1S/C17H16Cl2N2O2/c1-10(2)16(22)20-14-4-3-5-15(9-14)21-17(23)11-6-12(18)8-13(19)7-11/h3-10H,1-2H3,(H,20,22)(H,21,23). The van der Waals surface area contributed by atoms with Gasteiger partial charge in [0.25, 0.3) is 5.91 Å². The molecule has 0 saturated heterocycles. The lowest BCUT2D eigenvalue weighted by atomic mass is 10.2. The summed E-state index contributed by atoms with van der Waals surface area (Å²) in [4.78, 5) is 24.0. The van der Waals surface area contributed by atoms with Crippen LogP contribution in [0.1, 0.15) is 24.2 Å². The predicted octanol–water partition coefficient (Wildman–Crippen LogP) is 4.84. The highest BCUT2D eigenvalue weighted by atomic mass is 35.5. The zero-order valence-corrected chi connectivity index (χ0v) is 14.2. The number of rotatable bonds is 4. The van der Waals surface area contributed by atoms with E-state index in [4.69, 9.17) is 23.2 Å². The Morgan fingerprint density at radius 1 is 0.913 bits per heavy atom. The van der Waals surface area contributed by atoms with Crippen LogP contribution in [0, 0.1) is 5.92 Å². The fourth-order valence-corrected chi connectivity index (χ4v) is 2.38. The van der Waals surface area contributed by atoms with E-state index in [0.29, 0.717) is 27.0 Å². The van der Waals surface area contributed by atoms with Gasteiger partial charge in [0.2, 0.25) is 5.91 Å². The first-order chi connectivity index (χ1) is 10.8. The Bertz CT molecular complexity index is 725. The monoisotopic (exact) mass is 350 g/mol. The van der Waals surface area contributed by atoms with E-state index in [1.807, 2.05) is 13.8 Å². The van der Waals surface area contributed by atoms with Crippen LogP contribution in [0.5, 0.6) is 0 Å². The van der Waals surface area contributed by atoms with E-state index in [0.717, 1.165) is 0 Å². The van der Waals surface area contributed by atoms with Crippen LogP contribution in [0.2, 0.25) is 10.0 Å². The van der Waals surface area contributed by atoms with Crippen LogP contribution in [-0.2, 0) is 4.79 Å². The molecule has 120 valence electrons. The Labute approximate surface area is 144 Å². The van der Waals surface area contributed by atoms with Crippen LogP contribution in [0.3, 0.4) is 0 Å². The molecule has 0 atom stereocenters. The average molecular weight is 351 g/mol. The van der Waals surface area contributed by atoms with Crippen LogP contribution < -0.4 is 10.6 Å². The van der Waals surface area contributed by atoms with Crippen LogP contribution >= 0.6 is 23.2 Å². The molecule has 6 heteroatoms. The predicted molar refractivity (Wildman–Crippen MR) is 94.3 cm³/mol. The van der Waals surface area contributed by atoms with Crippen molar-refractivity contribution in [3.63, 3.8) is 0 Å². The molecule has 0 aliphatic heterocycles. The van der Waals surface area contributed by atoms with Crippen molar-refractivity contribution >= 4 is 46.4 Å². The number of carbonyl (C=O) groups excluding carboxylic acids is 2. The minimum absolute atomic E-state index is 0.0879. The highest BCUT2D eigenvalue weighted by molar-refractivity contribution is 6.35. The first-order valence-corrected chi connectivity index (χ1v) is 7.79. The van der Waals surface area contributed by atoms with Crippen molar-refractivity contribution < 1.29 is 9.59 Å². The minimum Gasteiger partial charge on any atom is -0.326 e. The van der Waals surface area contributed by atoms with Crippen LogP contribution in [-0.4, -0.2) is 11.8 Å². The second-order valence-electron chi connectivity index (χ2n) is 5.34. The lowest BCUT2D eigenvalue weighted by Crippen LogP contribution is -2.18. The molecule has 0 radical (unpaired) electrons. The maximum Gasteiger partial charge on any atom is 0.255 e. The van der Waals surface area contributed by atoms with Gasteiger partial charge in [-0.25, -0.2) is 0 Å². The van der Waals surface area contributed by atoms with E-state index >= 15 is 0 Å². The van der Waals surface area contributed by atoms with E-state index in [-0.39, 0.29) is 17.7 Å². The molecule has 2 rings (SSSR count). The van der Waals surface area contributed by atoms with E-state index in [1.54, 1.807) is 30.3 Å². The molecular formula is C17H16Cl2N2O2. The van der Waals surface area contributed by atoms with E-state index in [1.165, 1.54) is 12.1 Å². The van der Waals surface area contributed by atoms with Crippen molar-refractivity contribution in [3.8, 4) is 0 Å². The number of benzene rings is 2. The number of amides is 2. The second kappa shape index (κ2) is 7.49. The fourth-order valence-electron chi connectivity index (χ4n) is 1.85. The molecule has 4 nitrogen and oxygen atoms in total. The first kappa shape index (κ1) is 17.3. The Morgan fingerprint density at radius 3 is 2.04 bits per heavy atom. The average Bonchev–Trinajstić information content (AvgIpc) is 2.46. The maximum absolute atomic E-state index is 12.2. The van der Waals surface area contributed by atoms with Crippen LogP contribution in [0.4, 0.5) is 11.4 Å². The van der Waals surface area contributed by atoms with Gasteiger partial charge in [-0.1, -0.05) is 43.1 Å². The summed E-state index contributed by atoms with van der Waals surface area (Å²) in [5.41, 5.74) is 1.54. The van der Waals surface area contributed by atoms with Crippen LogP contribution in [0.25, 0.3) is 0 Å². The number of hydrogen-bond acceptors (Lipinski definition) is 2. The molecule has 2 aromatic rings. The lowest BCUT2D eigenvalue weighted by molar-refractivity contribution is -0.118. The van der Waals surface area contributed by atoms with E-state index in [2.05, 4.69) is 10.6 Å². The molecule has 0 aliphatic rings. The summed E-state index contributed by atoms with van der Waals surface area (Å²) in [5, 5.41) is 6.31. The van der Waals surface area contributed by atoms with E-state index < -0.39 is 0 Å². The number of hydrogen-bond donors (Lipinski definition) is 2. The highest BCUT2D eigenvalue weighted by Gasteiger charge is 2.10. The molecule has 0 spiro atoms. The lowest BCUT2D eigenvalue weighted by Gasteiger charge is -2.10. The molecule has 2 N–H and O–H groups in total. The maximum atomic E-state index is 12.2. The molecule has 2 aromatic carbocycles. The highest BCUT2D eigenvalue weighted by Crippen LogP contribution is 2.21.